The van der Waals surface area contributed by atoms with E-state index >= 15 is 0 Å². The highest BCUT2D eigenvalue weighted by atomic mass is 32.1. The number of nitrogens with one attached hydrogen (secondary N) is 2. The lowest BCUT2D eigenvalue weighted by Gasteiger charge is -2.33. The summed E-state index contributed by atoms with van der Waals surface area (Å²) in [6.45, 7) is 19.6. The van der Waals surface area contributed by atoms with Crippen molar-refractivity contribution in [2.45, 2.75) is 152 Å². The Labute approximate surface area is 364 Å². The van der Waals surface area contributed by atoms with Gasteiger partial charge < -0.3 is 35.3 Å². The quantitative estimate of drug-likeness (QED) is 0.0663. The van der Waals surface area contributed by atoms with Gasteiger partial charge in [-0.05, 0) is 89.6 Å². The summed E-state index contributed by atoms with van der Waals surface area (Å²) in [5, 5.41) is 25.0. The Bertz CT molecular complexity index is 1500. The molecule has 1 saturated heterocycles. The largest absolute Gasteiger partial charge is 0.508 e. The van der Waals surface area contributed by atoms with Gasteiger partial charge in [-0.25, -0.2) is 4.98 Å². The number of aryl methyl sites for hydroxylation is 1. The lowest BCUT2D eigenvalue weighted by molar-refractivity contribution is -0.155. The molecule has 0 saturated carbocycles. The number of phenols is 1. The molecule has 60 heavy (non-hydrogen) atoms. The number of Topliss-reactive ketones (excluding diaryl/α,β-unsaturated/α-hetero) is 1. The van der Waals surface area contributed by atoms with Crippen LogP contribution in [-0.4, -0.2) is 113 Å². The molecule has 1 aromatic heterocycles. The minimum Gasteiger partial charge on any atom is -0.508 e. The Morgan fingerprint density at radius 1 is 1.03 bits per heavy atom. The number of ketones is 1. The van der Waals surface area contributed by atoms with Crippen LogP contribution in [0.3, 0.4) is 0 Å². The lowest BCUT2D eigenvalue weighted by atomic mass is 9.93. The second-order valence-electron chi connectivity index (χ2n) is 14.8. The molecule has 1 fully saturated rings. The zero-order valence-corrected chi connectivity index (χ0v) is 39.4. The van der Waals surface area contributed by atoms with Crippen LogP contribution in [0.4, 0.5) is 0 Å². The summed E-state index contributed by atoms with van der Waals surface area (Å²) >= 11 is 1.35. The first-order valence-corrected chi connectivity index (χ1v) is 22.3. The van der Waals surface area contributed by atoms with Crippen molar-refractivity contribution in [2.24, 2.45) is 11.8 Å². The third-order valence-corrected chi connectivity index (χ3v) is 9.96. The van der Waals surface area contributed by atoms with Gasteiger partial charge in [0, 0.05) is 43.8 Å². The Morgan fingerprint density at radius 3 is 2.17 bits per heavy atom. The summed E-state index contributed by atoms with van der Waals surface area (Å²) in [5.41, 5.74) is 1.19. The highest BCUT2D eigenvalue weighted by Gasteiger charge is 2.31. The molecule has 15 heteroatoms. The third kappa shape index (κ3) is 24.1. The first-order chi connectivity index (χ1) is 28.6. The van der Waals surface area contributed by atoms with Crippen molar-refractivity contribution in [3.8, 4) is 5.75 Å². The number of likely N-dealkylation sites (tertiary alicyclic amines) is 1. The van der Waals surface area contributed by atoms with Gasteiger partial charge in [-0.1, -0.05) is 80.4 Å². The number of hydrogen-bond acceptors (Lipinski definition) is 12. The number of piperidine rings is 1. The first kappa shape index (κ1) is 57.9. The molecule has 0 aliphatic carbocycles. The fraction of sp³-hybridized carbons (Fsp3) is 0.667. The zero-order chi connectivity index (χ0) is 46.2. The van der Waals surface area contributed by atoms with Gasteiger partial charge in [0.1, 0.15) is 29.6 Å². The van der Waals surface area contributed by atoms with Crippen LogP contribution in [0.15, 0.2) is 29.6 Å². The molecule has 342 valence electrons. The van der Waals surface area contributed by atoms with Crippen molar-refractivity contribution in [3.63, 3.8) is 0 Å². The van der Waals surface area contributed by atoms with E-state index in [1.807, 2.05) is 53.5 Å². The number of aliphatic hydroxyl groups is 1. The maximum Gasteiger partial charge on any atom is 0.307 e. The Kier molecular flexibility index (Phi) is 33.3. The second-order valence-corrected chi connectivity index (χ2v) is 15.7. The number of aldehydes is 1. The van der Waals surface area contributed by atoms with E-state index < -0.39 is 12.0 Å². The van der Waals surface area contributed by atoms with Crippen LogP contribution in [0, 0.1) is 11.8 Å². The maximum atomic E-state index is 13.7. The van der Waals surface area contributed by atoms with Crippen molar-refractivity contribution in [1.82, 2.24) is 25.4 Å². The number of benzene rings is 1. The number of ether oxygens (including phenoxy) is 1. The summed E-state index contributed by atoms with van der Waals surface area (Å²) in [5.74, 6) is -1.15. The molecule has 1 aromatic carbocycles. The van der Waals surface area contributed by atoms with Gasteiger partial charge in [0.25, 0.3) is 5.91 Å². The van der Waals surface area contributed by atoms with E-state index in [1.165, 1.54) is 36.5 Å². The van der Waals surface area contributed by atoms with Gasteiger partial charge in [0.05, 0.1) is 11.0 Å². The number of likely N-dealkylation sites (N-methyl/N-ethyl adjacent to an activating group) is 1. The van der Waals surface area contributed by atoms with Crippen LogP contribution in [0.2, 0.25) is 0 Å². The highest BCUT2D eigenvalue weighted by molar-refractivity contribution is 7.09. The number of aromatic hydroxyl groups is 1. The van der Waals surface area contributed by atoms with E-state index in [4.69, 9.17) is 14.6 Å². The number of hydrogen-bond donors (Lipinski definition) is 4. The van der Waals surface area contributed by atoms with Gasteiger partial charge in [-0.3, -0.25) is 28.9 Å². The van der Waals surface area contributed by atoms with Crippen molar-refractivity contribution >= 4 is 47.1 Å². The fourth-order valence-electron chi connectivity index (χ4n) is 5.93. The molecule has 4 unspecified atom stereocenters. The van der Waals surface area contributed by atoms with Crippen LogP contribution < -0.4 is 10.6 Å². The molecule has 14 nitrogen and oxygen atoms in total. The summed E-state index contributed by atoms with van der Waals surface area (Å²) in [4.78, 5) is 81.3. The normalized spacial score (nSPS) is 14.6. The number of esters is 1. The Hall–Kier alpha value is -4.21. The number of phenolic OH excluding ortho intramolecular Hbond substituents is 1. The standard InChI is InChI=1S/C37H55N5O7S.C3H8.C2H4O.C2H6.CH4O/c1-7-30(40-36(47)32-11-8-9-17-41(32)6)37(48)42(23-49-34(45)19-24(2)3)18-10-12-33-39-31(22-50-33)35(46)38-28(20-25(4)26(5)43)21-27-13-15-29(44)16-14-27;1-3-2;1-2-3;2*1-2/h13-16,22,24-25,28,30,32,44H,7-12,17-21,23H2,1-6H3,(H,38,46)(H,40,47);3H2,1-2H3;2H,1H3;1-2H3;2H,1H3. The molecule has 0 bridgehead atoms. The summed E-state index contributed by atoms with van der Waals surface area (Å²) < 4.78 is 5.48. The van der Waals surface area contributed by atoms with E-state index in [2.05, 4.69) is 29.5 Å². The van der Waals surface area contributed by atoms with Gasteiger partial charge in [-0.2, -0.15) is 0 Å². The number of nitrogens with zero attached hydrogens (tertiary/aromatic N) is 3. The molecule has 1 aliphatic heterocycles. The van der Waals surface area contributed by atoms with Crippen LogP contribution in [0.5, 0.6) is 5.75 Å². The molecule has 2 heterocycles. The maximum absolute atomic E-state index is 13.7. The SMILES string of the molecule is CC.CC=O.CCC.CCC(NC(=O)C1CCCCN1C)C(=O)N(CCCc1nc(C(=O)NC(Cc2ccc(O)cc2)CC(C)C(C)=O)cs1)COC(=O)CC(C)C.CO. The van der Waals surface area contributed by atoms with Crippen molar-refractivity contribution in [1.29, 1.82) is 0 Å². The van der Waals surface area contributed by atoms with E-state index in [0.717, 1.165) is 44.8 Å². The van der Waals surface area contributed by atoms with Crippen LogP contribution in [-0.2, 0) is 41.6 Å². The summed E-state index contributed by atoms with van der Waals surface area (Å²) in [7, 11) is 2.92. The van der Waals surface area contributed by atoms with Crippen LogP contribution in [0.1, 0.15) is 142 Å². The number of amides is 3. The zero-order valence-electron chi connectivity index (χ0n) is 38.5. The summed E-state index contributed by atoms with van der Waals surface area (Å²) in [6.07, 6.45) is 7.30. The molecule has 0 radical (unpaired) electrons. The number of carbonyl (C=O) groups is 6. The van der Waals surface area contributed by atoms with Crippen molar-refractivity contribution in [3.05, 3.63) is 45.9 Å². The minimum atomic E-state index is -0.753. The predicted octanol–water partition coefficient (Wildman–Crippen LogP) is 6.75. The molecule has 4 atom stereocenters. The van der Waals surface area contributed by atoms with Gasteiger partial charge in [0.15, 0.2) is 6.73 Å². The second kappa shape index (κ2) is 34.5. The molecule has 3 amide bonds. The van der Waals surface area contributed by atoms with Crippen LogP contribution in [0.25, 0.3) is 0 Å². The number of rotatable bonds is 19. The Balaban J connectivity index is 0. The number of aliphatic hydroxyl groups excluding tert-OH is 1. The predicted molar refractivity (Wildman–Crippen MR) is 240 cm³/mol. The van der Waals surface area contributed by atoms with E-state index in [1.54, 1.807) is 29.6 Å². The lowest BCUT2D eigenvalue weighted by Crippen LogP contribution is -2.55. The number of aromatic nitrogens is 1. The van der Waals surface area contributed by atoms with E-state index in [-0.39, 0.29) is 78.6 Å². The summed E-state index contributed by atoms with van der Waals surface area (Å²) in [6, 6.07) is 5.41. The molecule has 3 rings (SSSR count). The first-order valence-electron chi connectivity index (χ1n) is 21.4. The monoisotopic (exact) mass is 864 g/mol. The van der Waals surface area contributed by atoms with Crippen LogP contribution >= 0.6 is 11.3 Å². The molecule has 2 aromatic rings. The number of carbonyl (C=O) groups excluding carboxylic acids is 6. The van der Waals surface area contributed by atoms with Crippen molar-refractivity contribution in [2.75, 3.05) is 34.0 Å². The molecular weight excluding hydrogens is 787 g/mol. The Morgan fingerprint density at radius 2 is 1.63 bits per heavy atom. The average Bonchev–Trinajstić information content (AvgIpc) is 3.70. The molecule has 1 aliphatic rings. The molecule has 0 spiro atoms. The topological polar surface area (TPSA) is 196 Å². The molecular formula is C45H77N5O9S. The van der Waals surface area contributed by atoms with E-state index in [0.29, 0.717) is 37.1 Å². The molecule has 4 N–H and O–H groups in total. The van der Waals surface area contributed by atoms with Gasteiger partial charge in [0.2, 0.25) is 11.8 Å². The van der Waals surface area contributed by atoms with Gasteiger partial charge >= 0.3 is 5.97 Å². The number of thiazole rings is 1. The van der Waals surface area contributed by atoms with E-state index in [9.17, 15) is 29.1 Å². The third-order valence-electron chi connectivity index (χ3n) is 9.05. The average molecular weight is 864 g/mol. The van der Waals surface area contributed by atoms with Crippen molar-refractivity contribution < 1.29 is 43.7 Å². The highest BCUT2D eigenvalue weighted by Crippen LogP contribution is 2.19. The smallest absolute Gasteiger partial charge is 0.307 e. The minimum absolute atomic E-state index is 0.0394. The fourth-order valence-corrected chi connectivity index (χ4v) is 6.75. The van der Waals surface area contributed by atoms with Gasteiger partial charge in [-0.15, -0.1) is 11.3 Å².